The molecule has 5 heteroatoms. The molecule has 0 saturated heterocycles. The van der Waals surface area contributed by atoms with Crippen molar-refractivity contribution in [3.05, 3.63) is 50.3 Å². The molecule has 16 heavy (non-hydrogen) atoms. The van der Waals surface area contributed by atoms with E-state index in [4.69, 9.17) is 0 Å². The number of hydrogen-bond donors (Lipinski definition) is 2. The Kier molecular flexibility index (Phi) is 3.48. The second-order valence-electron chi connectivity index (χ2n) is 3.54. The van der Waals surface area contributed by atoms with E-state index in [2.05, 4.69) is 15.3 Å². The van der Waals surface area contributed by atoms with Gasteiger partial charge in [0.1, 0.15) is 0 Å². The molecule has 0 fully saturated rings. The van der Waals surface area contributed by atoms with E-state index < -0.39 is 0 Å². The van der Waals surface area contributed by atoms with Crippen molar-refractivity contribution in [1.29, 1.82) is 0 Å². The van der Waals surface area contributed by atoms with E-state index in [-0.39, 0.29) is 4.87 Å². The van der Waals surface area contributed by atoms with Gasteiger partial charge in [0.25, 0.3) is 0 Å². The van der Waals surface area contributed by atoms with Gasteiger partial charge < -0.3 is 10.3 Å². The van der Waals surface area contributed by atoms with Gasteiger partial charge in [-0.25, -0.2) is 0 Å². The molecule has 2 N–H and O–H groups in total. The van der Waals surface area contributed by atoms with E-state index in [1.54, 1.807) is 6.20 Å². The zero-order valence-corrected chi connectivity index (χ0v) is 9.80. The van der Waals surface area contributed by atoms with Gasteiger partial charge in [-0.3, -0.25) is 9.78 Å². The molecule has 0 spiro atoms. The van der Waals surface area contributed by atoms with Crippen molar-refractivity contribution >= 4 is 11.3 Å². The lowest BCUT2D eigenvalue weighted by Gasteiger charge is -2.05. The molecule has 2 aromatic heterocycles. The lowest BCUT2D eigenvalue weighted by atomic mass is 10.2. The highest BCUT2D eigenvalue weighted by atomic mass is 32.1. The Hall–Kier alpha value is -1.46. The third-order valence-electron chi connectivity index (χ3n) is 2.30. The molecular formula is C11H13N3OS. The minimum atomic E-state index is -0.00850. The average Bonchev–Trinajstić information content (AvgIpc) is 2.67. The van der Waals surface area contributed by atoms with Crippen LogP contribution in [0.3, 0.4) is 0 Å². The van der Waals surface area contributed by atoms with E-state index in [1.165, 1.54) is 16.9 Å². The van der Waals surface area contributed by atoms with Gasteiger partial charge in [-0.05, 0) is 18.6 Å². The van der Waals surface area contributed by atoms with Crippen LogP contribution in [-0.4, -0.2) is 9.97 Å². The van der Waals surface area contributed by atoms with Gasteiger partial charge in [0.15, 0.2) is 0 Å². The predicted octanol–water partition coefficient (Wildman–Crippen LogP) is 1.43. The summed E-state index contributed by atoms with van der Waals surface area (Å²) < 4.78 is 0. The summed E-state index contributed by atoms with van der Waals surface area (Å²) in [5.41, 5.74) is 3.14. The number of aromatic amines is 1. The van der Waals surface area contributed by atoms with Crippen molar-refractivity contribution < 1.29 is 0 Å². The number of H-pyrrole nitrogens is 1. The Labute approximate surface area is 97.4 Å². The summed E-state index contributed by atoms with van der Waals surface area (Å²) >= 11 is 1.19. The molecule has 0 aliphatic rings. The Morgan fingerprint density at radius 2 is 2.38 bits per heavy atom. The highest BCUT2D eigenvalue weighted by Crippen LogP contribution is 2.03. The lowest BCUT2D eigenvalue weighted by molar-refractivity contribution is 0.666. The maximum absolute atomic E-state index is 10.9. The van der Waals surface area contributed by atoms with Crippen LogP contribution in [0.4, 0.5) is 0 Å². The summed E-state index contributed by atoms with van der Waals surface area (Å²) in [7, 11) is 0. The van der Waals surface area contributed by atoms with Crippen LogP contribution in [0.15, 0.2) is 28.5 Å². The summed E-state index contributed by atoms with van der Waals surface area (Å²) in [5, 5.41) is 5.08. The molecule has 84 valence electrons. The molecule has 0 amide bonds. The number of nitrogens with one attached hydrogen (secondary N) is 2. The van der Waals surface area contributed by atoms with Gasteiger partial charge >= 0.3 is 4.87 Å². The zero-order chi connectivity index (χ0) is 11.4. The Bertz CT molecular complexity index is 518. The third kappa shape index (κ3) is 2.77. The topological polar surface area (TPSA) is 57.8 Å². The average molecular weight is 235 g/mol. The van der Waals surface area contributed by atoms with Crippen molar-refractivity contribution in [2.45, 2.75) is 20.0 Å². The van der Waals surface area contributed by atoms with Crippen molar-refractivity contribution in [2.75, 3.05) is 0 Å². The fraction of sp³-hybridized carbons (Fsp3) is 0.273. The second-order valence-corrected chi connectivity index (χ2v) is 4.39. The first-order chi connectivity index (χ1) is 7.75. The molecule has 0 saturated carbocycles. The van der Waals surface area contributed by atoms with Crippen molar-refractivity contribution in [2.24, 2.45) is 0 Å². The normalized spacial score (nSPS) is 10.6. The summed E-state index contributed by atoms with van der Waals surface area (Å²) in [6, 6.07) is 3.96. The smallest absolute Gasteiger partial charge is 0.304 e. The Morgan fingerprint density at radius 3 is 3.06 bits per heavy atom. The molecule has 2 rings (SSSR count). The van der Waals surface area contributed by atoms with Crippen LogP contribution >= 0.6 is 11.3 Å². The Morgan fingerprint density at radius 1 is 1.50 bits per heavy atom. The largest absolute Gasteiger partial charge is 0.315 e. The number of hydrogen-bond acceptors (Lipinski definition) is 4. The van der Waals surface area contributed by atoms with E-state index in [0.717, 1.165) is 11.4 Å². The monoisotopic (exact) mass is 235 g/mol. The van der Waals surface area contributed by atoms with Gasteiger partial charge in [-0.1, -0.05) is 17.4 Å². The minimum Gasteiger partial charge on any atom is -0.315 e. The highest BCUT2D eigenvalue weighted by Gasteiger charge is 1.99. The molecule has 0 bridgehead atoms. The van der Waals surface area contributed by atoms with Crippen molar-refractivity contribution in [3.63, 3.8) is 0 Å². The molecule has 0 atom stereocenters. The number of thiazole rings is 1. The number of aromatic nitrogens is 2. The first-order valence-electron chi connectivity index (χ1n) is 5.03. The van der Waals surface area contributed by atoms with Crippen LogP contribution in [0.5, 0.6) is 0 Å². The van der Waals surface area contributed by atoms with E-state index in [1.807, 2.05) is 24.4 Å². The van der Waals surface area contributed by atoms with E-state index >= 15 is 0 Å². The number of nitrogens with zero attached hydrogens (tertiary/aromatic N) is 1. The van der Waals surface area contributed by atoms with Crippen LogP contribution in [0.25, 0.3) is 0 Å². The molecule has 0 aromatic carbocycles. The van der Waals surface area contributed by atoms with Crippen molar-refractivity contribution in [3.8, 4) is 0 Å². The van der Waals surface area contributed by atoms with Crippen LogP contribution in [0.2, 0.25) is 0 Å². The van der Waals surface area contributed by atoms with Gasteiger partial charge in [0, 0.05) is 30.4 Å². The first kappa shape index (κ1) is 11.0. The standard InChI is InChI=1S/C11H13N3OS/c1-8-3-2-4-13-10(8)6-12-5-9-7-16-11(15)14-9/h2-4,7,12H,5-6H2,1H3,(H,14,15). The van der Waals surface area contributed by atoms with E-state index in [0.29, 0.717) is 13.1 Å². The second kappa shape index (κ2) is 5.05. The molecular weight excluding hydrogens is 222 g/mol. The number of aryl methyl sites for hydroxylation is 1. The maximum Gasteiger partial charge on any atom is 0.304 e. The van der Waals surface area contributed by atoms with Crippen LogP contribution in [0.1, 0.15) is 17.0 Å². The molecule has 0 aliphatic carbocycles. The SMILES string of the molecule is Cc1cccnc1CNCc1csc(=O)[nH]1. The Balaban J connectivity index is 1.89. The fourth-order valence-electron chi connectivity index (χ4n) is 1.42. The number of pyridine rings is 1. The predicted molar refractivity (Wildman–Crippen MR) is 64.5 cm³/mol. The molecule has 2 aromatic rings. The quantitative estimate of drug-likeness (QED) is 0.843. The fourth-order valence-corrected chi connectivity index (χ4v) is 2.00. The lowest BCUT2D eigenvalue weighted by Crippen LogP contribution is -2.15. The first-order valence-corrected chi connectivity index (χ1v) is 5.91. The van der Waals surface area contributed by atoms with Crippen LogP contribution in [-0.2, 0) is 13.1 Å². The third-order valence-corrected chi connectivity index (χ3v) is 3.02. The minimum absolute atomic E-state index is 0.00850. The molecule has 0 unspecified atom stereocenters. The van der Waals surface area contributed by atoms with Gasteiger partial charge in [0.05, 0.1) is 5.69 Å². The summed E-state index contributed by atoms with van der Waals surface area (Å²) in [6.45, 7) is 3.41. The van der Waals surface area contributed by atoms with Crippen LogP contribution < -0.4 is 10.2 Å². The molecule has 0 aliphatic heterocycles. The van der Waals surface area contributed by atoms with Gasteiger partial charge in [0.2, 0.25) is 0 Å². The number of rotatable bonds is 4. The molecule has 2 heterocycles. The summed E-state index contributed by atoms with van der Waals surface area (Å²) in [6.07, 6.45) is 1.79. The summed E-state index contributed by atoms with van der Waals surface area (Å²) in [4.78, 5) is 17.9. The van der Waals surface area contributed by atoms with Gasteiger partial charge in [-0.2, -0.15) is 0 Å². The zero-order valence-electron chi connectivity index (χ0n) is 8.99. The van der Waals surface area contributed by atoms with Gasteiger partial charge in [-0.15, -0.1) is 0 Å². The highest BCUT2D eigenvalue weighted by molar-refractivity contribution is 7.07. The molecule has 4 nitrogen and oxygen atoms in total. The molecule has 0 radical (unpaired) electrons. The van der Waals surface area contributed by atoms with E-state index in [9.17, 15) is 4.79 Å². The maximum atomic E-state index is 10.9. The van der Waals surface area contributed by atoms with Crippen LogP contribution in [0, 0.1) is 6.92 Å². The van der Waals surface area contributed by atoms with Crippen molar-refractivity contribution in [1.82, 2.24) is 15.3 Å². The summed E-state index contributed by atoms with van der Waals surface area (Å²) in [5.74, 6) is 0.